The minimum absolute atomic E-state index is 0.350. The third-order valence-corrected chi connectivity index (χ3v) is 3.70. The minimum atomic E-state index is -4.92. The Bertz CT molecular complexity index is 475. The summed E-state index contributed by atoms with van der Waals surface area (Å²) in [6.07, 6.45) is -4.57. The molecule has 1 heterocycles. The lowest BCUT2D eigenvalue weighted by Crippen LogP contribution is -2.40. The summed E-state index contributed by atoms with van der Waals surface area (Å²) < 4.78 is 49.6. The molecule has 1 unspecified atom stereocenters. The SMILES string of the molecule is O=C(NC1CCSc2ccc(F)cc21)C(F)(F)F. The molecule has 0 fully saturated rings. The van der Waals surface area contributed by atoms with Crippen molar-refractivity contribution in [2.45, 2.75) is 23.5 Å². The van der Waals surface area contributed by atoms with Crippen molar-refractivity contribution in [1.29, 1.82) is 0 Å². The smallest absolute Gasteiger partial charge is 0.341 e. The van der Waals surface area contributed by atoms with E-state index in [2.05, 4.69) is 0 Å². The standard InChI is InChI=1S/C11H9F4NOS/c12-6-1-2-9-7(5-6)8(3-4-18-9)16-10(17)11(13,14)15/h1-2,5,8H,3-4H2,(H,16,17). The van der Waals surface area contributed by atoms with Gasteiger partial charge in [0.05, 0.1) is 6.04 Å². The minimum Gasteiger partial charge on any atom is -0.341 e. The summed E-state index contributed by atoms with van der Waals surface area (Å²) in [5.41, 5.74) is 0.406. The van der Waals surface area contributed by atoms with Crippen LogP contribution < -0.4 is 5.32 Å². The first kappa shape index (κ1) is 13.2. The molecule has 1 atom stereocenters. The van der Waals surface area contributed by atoms with Crippen molar-refractivity contribution in [3.63, 3.8) is 0 Å². The van der Waals surface area contributed by atoms with E-state index in [4.69, 9.17) is 0 Å². The molecule has 1 amide bonds. The predicted molar refractivity (Wildman–Crippen MR) is 58.7 cm³/mol. The predicted octanol–water partition coefficient (Wildman–Crippen LogP) is 3.04. The number of halogens is 4. The molecule has 0 saturated carbocycles. The van der Waals surface area contributed by atoms with Gasteiger partial charge in [0.15, 0.2) is 0 Å². The molecule has 98 valence electrons. The molecule has 2 nitrogen and oxygen atoms in total. The first-order valence-electron chi connectivity index (χ1n) is 5.18. The van der Waals surface area contributed by atoms with Crippen LogP contribution in [-0.4, -0.2) is 17.8 Å². The van der Waals surface area contributed by atoms with Gasteiger partial charge in [-0.3, -0.25) is 4.79 Å². The van der Waals surface area contributed by atoms with Gasteiger partial charge < -0.3 is 5.32 Å². The summed E-state index contributed by atoms with van der Waals surface area (Å²) in [7, 11) is 0. The van der Waals surface area contributed by atoms with Gasteiger partial charge in [0, 0.05) is 10.6 Å². The van der Waals surface area contributed by atoms with Crippen LogP contribution in [0.1, 0.15) is 18.0 Å². The largest absolute Gasteiger partial charge is 0.471 e. The van der Waals surface area contributed by atoms with Crippen molar-refractivity contribution in [2.24, 2.45) is 0 Å². The molecule has 1 aromatic carbocycles. The van der Waals surface area contributed by atoms with E-state index in [0.29, 0.717) is 22.6 Å². The number of carbonyl (C=O) groups excluding carboxylic acids is 1. The second-order valence-electron chi connectivity index (χ2n) is 3.84. The lowest BCUT2D eigenvalue weighted by molar-refractivity contribution is -0.174. The number of carbonyl (C=O) groups is 1. The summed E-state index contributed by atoms with van der Waals surface area (Å²) in [5, 5.41) is 1.90. The van der Waals surface area contributed by atoms with Crippen LogP contribution in [0, 0.1) is 5.82 Å². The Hall–Kier alpha value is -1.24. The van der Waals surface area contributed by atoms with E-state index in [1.807, 2.05) is 5.32 Å². The number of thioether (sulfide) groups is 1. The lowest BCUT2D eigenvalue weighted by atomic mass is 10.0. The van der Waals surface area contributed by atoms with Crippen LogP contribution in [0.3, 0.4) is 0 Å². The molecule has 7 heteroatoms. The fourth-order valence-electron chi connectivity index (χ4n) is 1.76. The maximum Gasteiger partial charge on any atom is 0.471 e. The van der Waals surface area contributed by atoms with Crippen molar-refractivity contribution in [3.8, 4) is 0 Å². The van der Waals surface area contributed by atoms with Gasteiger partial charge in [0.25, 0.3) is 0 Å². The van der Waals surface area contributed by atoms with E-state index in [1.165, 1.54) is 30.0 Å². The Morgan fingerprint density at radius 2 is 2.11 bits per heavy atom. The highest BCUT2D eigenvalue weighted by Gasteiger charge is 2.40. The van der Waals surface area contributed by atoms with Crippen molar-refractivity contribution >= 4 is 17.7 Å². The molecule has 1 aromatic rings. The number of fused-ring (bicyclic) bond motifs is 1. The summed E-state index contributed by atoms with van der Waals surface area (Å²) in [5.74, 6) is -1.93. The van der Waals surface area contributed by atoms with E-state index in [9.17, 15) is 22.4 Å². The van der Waals surface area contributed by atoms with E-state index < -0.39 is 23.9 Å². The Balaban J connectivity index is 2.22. The summed E-state index contributed by atoms with van der Waals surface area (Å²) in [4.78, 5) is 11.6. The van der Waals surface area contributed by atoms with Crippen LogP contribution in [0.5, 0.6) is 0 Å². The van der Waals surface area contributed by atoms with Crippen LogP contribution in [0.2, 0.25) is 0 Å². The van der Waals surface area contributed by atoms with Crippen molar-refractivity contribution in [1.82, 2.24) is 5.32 Å². The number of hydrogen-bond donors (Lipinski definition) is 1. The monoisotopic (exact) mass is 279 g/mol. The van der Waals surface area contributed by atoms with Crippen LogP contribution in [0.4, 0.5) is 17.6 Å². The Kier molecular flexibility index (Phi) is 3.52. The zero-order valence-corrected chi connectivity index (χ0v) is 9.87. The molecule has 2 rings (SSSR count). The van der Waals surface area contributed by atoms with Gasteiger partial charge in [-0.15, -0.1) is 11.8 Å². The molecule has 1 aliphatic heterocycles. The third kappa shape index (κ3) is 2.77. The molecule has 0 spiro atoms. The van der Waals surface area contributed by atoms with Gasteiger partial charge in [0.1, 0.15) is 5.82 Å². The molecule has 0 bridgehead atoms. The molecular formula is C11H9F4NOS. The van der Waals surface area contributed by atoms with Crippen LogP contribution in [-0.2, 0) is 4.79 Å². The molecule has 0 aliphatic carbocycles. The molecule has 0 radical (unpaired) electrons. The van der Waals surface area contributed by atoms with Crippen molar-refractivity contribution in [3.05, 3.63) is 29.6 Å². The first-order valence-corrected chi connectivity index (χ1v) is 6.16. The zero-order valence-electron chi connectivity index (χ0n) is 9.05. The lowest BCUT2D eigenvalue weighted by Gasteiger charge is -2.26. The summed E-state index contributed by atoms with van der Waals surface area (Å²) in [6, 6.07) is 3.15. The van der Waals surface area contributed by atoms with Gasteiger partial charge in [-0.05, 0) is 30.2 Å². The second-order valence-corrected chi connectivity index (χ2v) is 4.98. The quantitative estimate of drug-likeness (QED) is 0.801. The normalized spacial score (nSPS) is 19.2. The summed E-state index contributed by atoms with van der Waals surface area (Å²) in [6.45, 7) is 0. The van der Waals surface area contributed by atoms with Gasteiger partial charge in [-0.25, -0.2) is 4.39 Å². The molecule has 18 heavy (non-hydrogen) atoms. The first-order chi connectivity index (χ1) is 8.38. The van der Waals surface area contributed by atoms with Crippen molar-refractivity contribution < 1.29 is 22.4 Å². The Morgan fingerprint density at radius 1 is 1.39 bits per heavy atom. The Labute approximate surface area is 105 Å². The van der Waals surface area contributed by atoms with E-state index in [1.54, 1.807) is 0 Å². The molecular weight excluding hydrogens is 270 g/mol. The van der Waals surface area contributed by atoms with Crippen LogP contribution in [0.25, 0.3) is 0 Å². The maximum atomic E-state index is 13.1. The van der Waals surface area contributed by atoms with Crippen LogP contribution >= 0.6 is 11.8 Å². The number of hydrogen-bond acceptors (Lipinski definition) is 2. The maximum absolute atomic E-state index is 13.1. The highest BCUT2D eigenvalue weighted by molar-refractivity contribution is 7.99. The molecule has 0 aromatic heterocycles. The number of rotatable bonds is 1. The highest BCUT2D eigenvalue weighted by atomic mass is 32.2. The van der Waals surface area contributed by atoms with E-state index in [0.717, 1.165) is 0 Å². The number of amides is 1. The topological polar surface area (TPSA) is 29.1 Å². The van der Waals surface area contributed by atoms with E-state index in [-0.39, 0.29) is 0 Å². The zero-order chi connectivity index (χ0) is 13.3. The fraction of sp³-hybridized carbons (Fsp3) is 0.364. The van der Waals surface area contributed by atoms with E-state index >= 15 is 0 Å². The number of nitrogens with one attached hydrogen (secondary N) is 1. The average molecular weight is 279 g/mol. The Morgan fingerprint density at radius 3 is 2.78 bits per heavy atom. The third-order valence-electron chi connectivity index (χ3n) is 2.57. The second kappa shape index (κ2) is 4.79. The molecule has 1 N–H and O–H groups in total. The van der Waals surface area contributed by atoms with Gasteiger partial charge >= 0.3 is 12.1 Å². The van der Waals surface area contributed by atoms with Crippen molar-refractivity contribution in [2.75, 3.05) is 5.75 Å². The molecule has 1 aliphatic rings. The highest BCUT2D eigenvalue weighted by Crippen LogP contribution is 2.36. The average Bonchev–Trinajstić information content (AvgIpc) is 2.28. The number of alkyl halides is 3. The fourth-order valence-corrected chi connectivity index (χ4v) is 2.86. The number of benzene rings is 1. The summed E-state index contributed by atoms with van der Waals surface area (Å²) >= 11 is 1.44. The van der Waals surface area contributed by atoms with Crippen LogP contribution in [0.15, 0.2) is 23.1 Å². The van der Waals surface area contributed by atoms with Gasteiger partial charge in [0.2, 0.25) is 0 Å². The van der Waals surface area contributed by atoms with Gasteiger partial charge in [-0.2, -0.15) is 13.2 Å². The van der Waals surface area contributed by atoms with Gasteiger partial charge in [-0.1, -0.05) is 0 Å². The molecule has 0 saturated heterocycles.